The van der Waals surface area contributed by atoms with Crippen LogP contribution in [0.1, 0.15) is 17.5 Å². The van der Waals surface area contributed by atoms with Crippen LogP contribution in [0.5, 0.6) is 5.75 Å². The first-order chi connectivity index (χ1) is 13.9. The van der Waals surface area contributed by atoms with E-state index in [-0.39, 0.29) is 29.9 Å². The van der Waals surface area contributed by atoms with Crippen LogP contribution in [0, 0.1) is 0 Å². The second-order valence-electron chi connectivity index (χ2n) is 6.40. The van der Waals surface area contributed by atoms with E-state index in [9.17, 15) is 19.5 Å². The van der Waals surface area contributed by atoms with Crippen LogP contribution in [0.3, 0.4) is 0 Å². The molecule has 3 rings (SSSR count). The molecule has 1 heterocycles. The topological polar surface area (TPSA) is 86.7 Å². The van der Waals surface area contributed by atoms with Gasteiger partial charge in [-0.3, -0.25) is 19.3 Å². The number of hydrogen-bond donors (Lipinski definition) is 2. The summed E-state index contributed by atoms with van der Waals surface area (Å²) in [5.41, 5.74) is 1.72. The number of benzene rings is 2. The molecular formula is C21H19ClN2O4S. The van der Waals surface area contributed by atoms with Gasteiger partial charge in [0, 0.05) is 24.5 Å². The highest BCUT2D eigenvalue weighted by atomic mass is 35.5. The first-order valence-electron chi connectivity index (χ1n) is 8.98. The quantitative estimate of drug-likeness (QED) is 0.652. The Labute approximate surface area is 177 Å². The van der Waals surface area contributed by atoms with Gasteiger partial charge < -0.3 is 10.4 Å². The molecule has 8 heteroatoms. The summed E-state index contributed by atoms with van der Waals surface area (Å²) in [4.78, 5) is 38.0. The van der Waals surface area contributed by atoms with Crippen molar-refractivity contribution >= 4 is 46.5 Å². The third-order valence-corrected chi connectivity index (χ3v) is 5.40. The number of nitrogens with zero attached hydrogens (tertiary/aromatic N) is 1. The minimum absolute atomic E-state index is 0.0304. The first kappa shape index (κ1) is 21.0. The zero-order valence-corrected chi connectivity index (χ0v) is 17.0. The van der Waals surface area contributed by atoms with Crippen LogP contribution in [0.15, 0.2) is 53.4 Å². The smallest absolute Gasteiger partial charge is 0.293 e. The molecule has 150 valence electrons. The molecule has 0 atom stereocenters. The Balaban J connectivity index is 1.48. The molecule has 0 saturated carbocycles. The lowest BCUT2D eigenvalue weighted by Gasteiger charge is -2.12. The van der Waals surface area contributed by atoms with Crippen LogP contribution < -0.4 is 5.32 Å². The predicted molar refractivity (Wildman–Crippen MR) is 114 cm³/mol. The molecule has 29 heavy (non-hydrogen) atoms. The molecule has 1 aliphatic heterocycles. The van der Waals surface area contributed by atoms with Gasteiger partial charge in [0.2, 0.25) is 5.91 Å². The van der Waals surface area contributed by atoms with Gasteiger partial charge in [-0.15, -0.1) is 0 Å². The van der Waals surface area contributed by atoms with Crippen LogP contribution in [-0.4, -0.2) is 40.1 Å². The number of phenols is 1. The number of amides is 3. The zero-order valence-electron chi connectivity index (χ0n) is 15.4. The monoisotopic (exact) mass is 430 g/mol. The minimum atomic E-state index is -0.406. The van der Waals surface area contributed by atoms with Crippen LogP contribution in [0.4, 0.5) is 4.79 Å². The molecule has 0 spiro atoms. The van der Waals surface area contributed by atoms with Gasteiger partial charge in [-0.2, -0.15) is 0 Å². The Morgan fingerprint density at radius 1 is 1.17 bits per heavy atom. The van der Waals surface area contributed by atoms with Gasteiger partial charge >= 0.3 is 0 Å². The van der Waals surface area contributed by atoms with E-state index in [4.69, 9.17) is 11.6 Å². The number of thioether (sulfide) groups is 1. The zero-order chi connectivity index (χ0) is 20.8. The van der Waals surface area contributed by atoms with Crippen LogP contribution in [-0.2, 0) is 16.0 Å². The number of carbonyl (C=O) groups excluding carboxylic acids is 3. The number of halogens is 1. The fraction of sp³-hybridized carbons (Fsp3) is 0.190. The van der Waals surface area contributed by atoms with E-state index in [1.807, 2.05) is 0 Å². The molecule has 0 bridgehead atoms. The standard InChI is InChI=1S/C21H19ClN2O4S/c22-16-3-1-2-15(12-16)13-18-20(27)24(21(28)29-18)11-9-19(26)23-10-8-14-4-6-17(25)7-5-14/h1-7,12-13,25H,8-11H2,(H,23,26)/b18-13-. The third kappa shape index (κ3) is 5.85. The average Bonchev–Trinajstić information content (AvgIpc) is 2.94. The summed E-state index contributed by atoms with van der Waals surface area (Å²) >= 11 is 6.80. The van der Waals surface area contributed by atoms with E-state index in [1.54, 1.807) is 54.6 Å². The number of nitrogens with one attached hydrogen (secondary N) is 1. The molecule has 0 radical (unpaired) electrons. The maximum Gasteiger partial charge on any atom is 0.293 e. The summed E-state index contributed by atoms with van der Waals surface area (Å²) in [5.74, 6) is -0.446. The minimum Gasteiger partial charge on any atom is -0.508 e. The summed E-state index contributed by atoms with van der Waals surface area (Å²) in [6.07, 6.45) is 2.28. The van der Waals surface area contributed by atoms with E-state index < -0.39 is 5.91 Å². The van der Waals surface area contributed by atoms with Crippen molar-refractivity contribution < 1.29 is 19.5 Å². The third-order valence-electron chi connectivity index (χ3n) is 4.25. The maximum atomic E-state index is 12.5. The molecule has 0 unspecified atom stereocenters. The van der Waals surface area contributed by atoms with Crippen molar-refractivity contribution in [1.82, 2.24) is 10.2 Å². The van der Waals surface area contributed by atoms with Crippen molar-refractivity contribution in [3.8, 4) is 5.75 Å². The summed E-state index contributed by atoms with van der Waals surface area (Å²) in [5, 5.41) is 12.2. The average molecular weight is 431 g/mol. The Morgan fingerprint density at radius 3 is 2.66 bits per heavy atom. The largest absolute Gasteiger partial charge is 0.508 e. The van der Waals surface area contributed by atoms with Crippen molar-refractivity contribution in [3.63, 3.8) is 0 Å². The summed E-state index contributed by atoms with van der Waals surface area (Å²) in [6.45, 7) is 0.461. The van der Waals surface area contributed by atoms with Crippen molar-refractivity contribution in [3.05, 3.63) is 69.6 Å². The highest BCUT2D eigenvalue weighted by molar-refractivity contribution is 8.18. The van der Waals surface area contributed by atoms with Crippen LogP contribution in [0.25, 0.3) is 6.08 Å². The molecule has 0 aromatic heterocycles. The Morgan fingerprint density at radius 2 is 1.93 bits per heavy atom. The van der Waals surface area contributed by atoms with Gasteiger partial charge in [-0.1, -0.05) is 35.9 Å². The number of aromatic hydroxyl groups is 1. The Hall–Kier alpha value is -2.77. The van der Waals surface area contributed by atoms with E-state index in [0.29, 0.717) is 22.9 Å². The van der Waals surface area contributed by atoms with Gasteiger partial charge in [-0.25, -0.2) is 0 Å². The van der Waals surface area contributed by atoms with E-state index in [0.717, 1.165) is 27.8 Å². The second-order valence-corrected chi connectivity index (χ2v) is 7.83. The van der Waals surface area contributed by atoms with Crippen molar-refractivity contribution in [2.45, 2.75) is 12.8 Å². The number of hydrogen-bond acceptors (Lipinski definition) is 5. The number of rotatable bonds is 7. The van der Waals surface area contributed by atoms with Crippen LogP contribution in [0.2, 0.25) is 5.02 Å². The van der Waals surface area contributed by atoms with Gasteiger partial charge in [-0.05, 0) is 59.7 Å². The molecule has 2 aromatic rings. The van der Waals surface area contributed by atoms with Gasteiger partial charge in [0.15, 0.2) is 0 Å². The normalized spacial score (nSPS) is 15.2. The van der Waals surface area contributed by atoms with E-state index in [2.05, 4.69) is 5.32 Å². The Kier molecular flexibility index (Phi) is 6.95. The maximum absolute atomic E-state index is 12.5. The van der Waals surface area contributed by atoms with Crippen molar-refractivity contribution in [1.29, 1.82) is 0 Å². The molecule has 2 N–H and O–H groups in total. The molecule has 0 aliphatic carbocycles. The fourth-order valence-electron chi connectivity index (χ4n) is 2.75. The lowest BCUT2D eigenvalue weighted by Crippen LogP contribution is -2.34. The van der Waals surface area contributed by atoms with Crippen LogP contribution >= 0.6 is 23.4 Å². The lowest BCUT2D eigenvalue weighted by atomic mass is 10.1. The first-order valence-corrected chi connectivity index (χ1v) is 10.2. The highest BCUT2D eigenvalue weighted by Crippen LogP contribution is 2.32. The Bertz CT molecular complexity index is 959. The fourth-order valence-corrected chi connectivity index (χ4v) is 3.81. The second kappa shape index (κ2) is 9.62. The number of imide groups is 1. The summed E-state index contributed by atoms with van der Waals surface area (Å²) in [6, 6.07) is 13.7. The van der Waals surface area contributed by atoms with Gasteiger partial charge in [0.05, 0.1) is 4.91 Å². The SMILES string of the molecule is O=C(CCN1C(=O)S/C(=C\c2cccc(Cl)c2)C1=O)NCCc1ccc(O)cc1. The van der Waals surface area contributed by atoms with Gasteiger partial charge in [0.1, 0.15) is 5.75 Å². The van der Waals surface area contributed by atoms with Gasteiger partial charge in [0.25, 0.3) is 11.1 Å². The van der Waals surface area contributed by atoms with Crippen molar-refractivity contribution in [2.24, 2.45) is 0 Å². The van der Waals surface area contributed by atoms with E-state index >= 15 is 0 Å². The lowest BCUT2D eigenvalue weighted by molar-refractivity contribution is -0.124. The number of carbonyl (C=O) groups is 3. The number of phenolic OH excluding ortho intramolecular Hbond substituents is 1. The molecular weight excluding hydrogens is 412 g/mol. The molecule has 2 aromatic carbocycles. The summed E-state index contributed by atoms with van der Waals surface area (Å²) in [7, 11) is 0. The van der Waals surface area contributed by atoms with Crippen molar-refractivity contribution in [2.75, 3.05) is 13.1 Å². The summed E-state index contributed by atoms with van der Waals surface area (Å²) < 4.78 is 0. The molecule has 3 amide bonds. The highest BCUT2D eigenvalue weighted by Gasteiger charge is 2.34. The molecule has 1 fully saturated rings. The molecule has 1 saturated heterocycles. The van der Waals surface area contributed by atoms with E-state index in [1.165, 1.54) is 0 Å². The molecule has 6 nitrogen and oxygen atoms in total. The molecule has 1 aliphatic rings. The predicted octanol–water partition coefficient (Wildman–Crippen LogP) is 3.83.